The summed E-state index contributed by atoms with van der Waals surface area (Å²) in [5.74, 6) is -0.934. The molecule has 10 heteroatoms. The molecule has 1 fully saturated rings. The van der Waals surface area contributed by atoms with Crippen molar-refractivity contribution in [1.82, 2.24) is 24.4 Å². The van der Waals surface area contributed by atoms with Crippen LogP contribution in [0.2, 0.25) is 0 Å². The highest BCUT2D eigenvalue weighted by molar-refractivity contribution is 6.13. The van der Waals surface area contributed by atoms with Gasteiger partial charge in [0.05, 0.1) is 34.7 Å². The first kappa shape index (κ1) is 21.2. The van der Waals surface area contributed by atoms with Crippen molar-refractivity contribution in [1.29, 1.82) is 0 Å². The average molecular weight is 449 g/mol. The van der Waals surface area contributed by atoms with Crippen LogP contribution in [0.4, 0.5) is 15.8 Å². The average Bonchev–Trinajstić information content (AvgIpc) is 3.17. The van der Waals surface area contributed by atoms with E-state index in [-0.39, 0.29) is 17.7 Å². The number of amides is 1. The number of pyridine rings is 1. The van der Waals surface area contributed by atoms with E-state index in [1.165, 1.54) is 11.1 Å². The Morgan fingerprint density at radius 3 is 2.55 bits per heavy atom. The molecular weight excluding hydrogens is 425 g/mol. The fourth-order valence-electron chi connectivity index (χ4n) is 4.44. The smallest absolute Gasteiger partial charge is 0.257 e. The first-order chi connectivity index (χ1) is 15.8. The number of hydrogen-bond donors (Lipinski definition) is 2. The maximum atomic E-state index is 14.4. The minimum absolute atomic E-state index is 0.0555. The second-order valence-electron chi connectivity index (χ2n) is 8.51. The number of benzene rings is 1. The van der Waals surface area contributed by atoms with Gasteiger partial charge in [-0.1, -0.05) is 0 Å². The fourth-order valence-corrected chi connectivity index (χ4v) is 4.44. The Bertz CT molecular complexity index is 1360. The summed E-state index contributed by atoms with van der Waals surface area (Å²) < 4.78 is 16.0. The van der Waals surface area contributed by atoms with Gasteiger partial charge in [0.15, 0.2) is 11.5 Å². The Hall–Kier alpha value is -3.63. The molecule has 1 amide bonds. The lowest BCUT2D eigenvalue weighted by molar-refractivity contribution is -0.155. The Morgan fingerprint density at radius 2 is 1.82 bits per heavy atom. The zero-order chi connectivity index (χ0) is 23.3. The summed E-state index contributed by atoms with van der Waals surface area (Å²) >= 11 is 0. The monoisotopic (exact) mass is 449 g/mol. The van der Waals surface area contributed by atoms with Crippen LogP contribution >= 0.6 is 0 Å². The number of piperazine rings is 1. The number of fused-ring (bicyclic) bond motifs is 2. The molecule has 0 saturated carbocycles. The van der Waals surface area contributed by atoms with E-state index in [1.807, 2.05) is 19.9 Å². The predicted molar refractivity (Wildman–Crippen MR) is 122 cm³/mol. The Labute approximate surface area is 189 Å². The van der Waals surface area contributed by atoms with Gasteiger partial charge in [-0.05, 0) is 32.9 Å². The topological polar surface area (TPSA) is 98.9 Å². The van der Waals surface area contributed by atoms with E-state index < -0.39 is 11.7 Å². The highest BCUT2D eigenvalue weighted by Gasteiger charge is 2.30. The van der Waals surface area contributed by atoms with Crippen LogP contribution in [0.15, 0.2) is 43.0 Å². The third-order valence-corrected chi connectivity index (χ3v) is 5.95. The van der Waals surface area contributed by atoms with Crippen LogP contribution in [0.5, 0.6) is 0 Å². The summed E-state index contributed by atoms with van der Waals surface area (Å²) in [6.07, 6.45) is 6.45. The quantitative estimate of drug-likeness (QED) is 0.495. The van der Waals surface area contributed by atoms with Crippen molar-refractivity contribution >= 4 is 34.0 Å². The van der Waals surface area contributed by atoms with E-state index in [9.17, 15) is 14.4 Å². The molecule has 0 radical (unpaired) electrons. The van der Waals surface area contributed by atoms with E-state index in [4.69, 9.17) is 0 Å². The van der Waals surface area contributed by atoms with Crippen molar-refractivity contribution in [2.24, 2.45) is 0 Å². The first-order valence-corrected chi connectivity index (χ1v) is 10.7. The molecule has 1 aliphatic heterocycles. The molecule has 33 heavy (non-hydrogen) atoms. The van der Waals surface area contributed by atoms with Crippen molar-refractivity contribution in [3.63, 3.8) is 0 Å². The van der Waals surface area contributed by atoms with Gasteiger partial charge in [-0.3, -0.25) is 14.8 Å². The SMILES string of the molecule is Cc1cn2cc(NC(=O)c3ccc(N4C[C@@H](C)N(O)[C@@H](C)C4)c4nccnc34)cc(F)c2n1. The fraction of sp³-hybridized carbons (Fsp3) is 0.304. The number of carbonyl (C=O) groups is 1. The molecule has 0 bridgehead atoms. The van der Waals surface area contributed by atoms with Gasteiger partial charge in [0.25, 0.3) is 5.91 Å². The lowest BCUT2D eigenvalue weighted by Crippen LogP contribution is -2.55. The molecule has 9 nitrogen and oxygen atoms in total. The third-order valence-electron chi connectivity index (χ3n) is 5.95. The molecule has 1 aromatic carbocycles. The molecule has 0 spiro atoms. The van der Waals surface area contributed by atoms with E-state index in [0.29, 0.717) is 41.1 Å². The van der Waals surface area contributed by atoms with E-state index >= 15 is 0 Å². The number of nitrogens with zero attached hydrogens (tertiary/aromatic N) is 6. The van der Waals surface area contributed by atoms with Gasteiger partial charge in [0.2, 0.25) is 0 Å². The molecule has 4 aromatic rings. The summed E-state index contributed by atoms with van der Waals surface area (Å²) in [6.45, 7) is 6.91. The van der Waals surface area contributed by atoms with Gasteiger partial charge in [-0.25, -0.2) is 9.37 Å². The van der Waals surface area contributed by atoms with Crippen LogP contribution in [0.25, 0.3) is 16.7 Å². The molecule has 0 aliphatic carbocycles. The minimum atomic E-state index is -0.521. The third kappa shape index (κ3) is 3.77. The van der Waals surface area contributed by atoms with Gasteiger partial charge in [-0.2, -0.15) is 5.06 Å². The van der Waals surface area contributed by atoms with Crippen molar-refractivity contribution in [3.05, 3.63) is 60.1 Å². The van der Waals surface area contributed by atoms with Gasteiger partial charge in [0.1, 0.15) is 11.0 Å². The molecule has 3 aromatic heterocycles. The van der Waals surface area contributed by atoms with Gasteiger partial charge < -0.3 is 19.8 Å². The van der Waals surface area contributed by atoms with Gasteiger partial charge in [-0.15, -0.1) is 0 Å². The molecule has 5 rings (SSSR count). The Balaban J connectivity index is 1.49. The number of rotatable bonds is 3. The number of hydrogen-bond acceptors (Lipinski definition) is 7. The molecule has 2 atom stereocenters. The number of anilines is 2. The molecule has 1 aliphatic rings. The summed E-state index contributed by atoms with van der Waals surface area (Å²) in [4.78, 5) is 28.3. The highest BCUT2D eigenvalue weighted by atomic mass is 19.1. The van der Waals surface area contributed by atoms with Crippen molar-refractivity contribution in [2.75, 3.05) is 23.3 Å². The predicted octanol–water partition coefficient (Wildman–Crippen LogP) is 3.27. The molecule has 1 saturated heterocycles. The largest absolute Gasteiger partial charge is 0.366 e. The summed E-state index contributed by atoms with van der Waals surface area (Å²) in [7, 11) is 0. The summed E-state index contributed by atoms with van der Waals surface area (Å²) in [5, 5.41) is 14.3. The van der Waals surface area contributed by atoms with Crippen LogP contribution in [-0.4, -0.2) is 60.7 Å². The second-order valence-corrected chi connectivity index (χ2v) is 8.51. The van der Waals surface area contributed by atoms with E-state index in [0.717, 1.165) is 5.69 Å². The minimum Gasteiger partial charge on any atom is -0.366 e. The van der Waals surface area contributed by atoms with Crippen LogP contribution < -0.4 is 10.2 Å². The summed E-state index contributed by atoms with van der Waals surface area (Å²) in [6, 6.07) is 4.69. The standard InChI is InChI=1S/C23H24FN7O2/c1-13-9-30-12-16(8-18(24)22(30)27-13)28-23(32)17-4-5-19(21-20(17)25-6-7-26-21)29-10-14(2)31(33)15(3)11-29/h4-9,12,14-15,33H,10-11H2,1-3H3,(H,28,32)/t14-,15+. The maximum Gasteiger partial charge on any atom is 0.257 e. The van der Waals surface area contributed by atoms with Crippen LogP contribution in [0.3, 0.4) is 0 Å². The first-order valence-electron chi connectivity index (χ1n) is 10.7. The summed E-state index contributed by atoms with van der Waals surface area (Å²) in [5.41, 5.74) is 3.44. The van der Waals surface area contributed by atoms with E-state index in [1.54, 1.807) is 42.2 Å². The van der Waals surface area contributed by atoms with Crippen LogP contribution in [-0.2, 0) is 0 Å². The van der Waals surface area contributed by atoms with Gasteiger partial charge in [0, 0.05) is 43.9 Å². The van der Waals surface area contributed by atoms with E-state index in [2.05, 4.69) is 25.2 Å². The normalized spacial score (nSPS) is 19.4. The Morgan fingerprint density at radius 1 is 1.12 bits per heavy atom. The van der Waals surface area contributed by atoms with Crippen molar-refractivity contribution in [3.8, 4) is 0 Å². The lowest BCUT2D eigenvalue weighted by Gasteiger charge is -2.42. The number of aromatic nitrogens is 4. The number of nitrogens with one attached hydrogen (secondary N) is 1. The molecule has 2 N–H and O–H groups in total. The number of carbonyl (C=O) groups excluding carboxylic acids is 1. The number of aryl methyl sites for hydroxylation is 1. The lowest BCUT2D eigenvalue weighted by atomic mass is 10.1. The van der Waals surface area contributed by atoms with Crippen molar-refractivity contribution in [2.45, 2.75) is 32.9 Å². The molecule has 4 heterocycles. The van der Waals surface area contributed by atoms with Crippen LogP contribution in [0, 0.1) is 12.7 Å². The zero-order valence-corrected chi connectivity index (χ0v) is 18.5. The van der Waals surface area contributed by atoms with Crippen LogP contribution in [0.1, 0.15) is 29.9 Å². The maximum absolute atomic E-state index is 14.4. The highest BCUT2D eigenvalue weighted by Crippen LogP contribution is 2.30. The number of halogens is 1. The number of hydroxylamine groups is 2. The second kappa shape index (κ2) is 8.05. The molecule has 0 unspecified atom stereocenters. The zero-order valence-electron chi connectivity index (χ0n) is 18.5. The van der Waals surface area contributed by atoms with Gasteiger partial charge >= 0.3 is 0 Å². The Kier molecular flexibility index (Phi) is 5.18. The molecule has 170 valence electrons. The van der Waals surface area contributed by atoms with Crippen molar-refractivity contribution < 1.29 is 14.4 Å². The number of imidazole rings is 1. The molecular formula is C23H24FN7O2.